The van der Waals surface area contributed by atoms with E-state index in [1.54, 1.807) is 6.07 Å². The van der Waals surface area contributed by atoms with E-state index in [0.717, 1.165) is 25.7 Å². The molecule has 0 aliphatic carbocycles. The fourth-order valence-electron chi connectivity index (χ4n) is 2.70. The lowest BCUT2D eigenvalue weighted by molar-refractivity contribution is 0.314. The summed E-state index contributed by atoms with van der Waals surface area (Å²) in [7, 11) is -3.47. The zero-order valence-corrected chi connectivity index (χ0v) is 16.2. The van der Waals surface area contributed by atoms with Gasteiger partial charge in [-0.1, -0.05) is 65.8 Å². The molecular formula is C15H21BrCl2O2S. The summed E-state index contributed by atoms with van der Waals surface area (Å²) >= 11 is 15.5. The highest BCUT2D eigenvalue weighted by Gasteiger charge is 2.34. The maximum atomic E-state index is 12.8. The Morgan fingerprint density at radius 3 is 2.19 bits per heavy atom. The van der Waals surface area contributed by atoms with Crippen molar-refractivity contribution in [3.05, 3.63) is 28.2 Å². The monoisotopic (exact) mass is 414 g/mol. The van der Waals surface area contributed by atoms with Crippen LogP contribution in [0.4, 0.5) is 0 Å². The van der Waals surface area contributed by atoms with Crippen LogP contribution in [-0.2, 0) is 9.84 Å². The van der Waals surface area contributed by atoms with Crippen LogP contribution in [0.1, 0.15) is 39.5 Å². The topological polar surface area (TPSA) is 34.1 Å². The quantitative estimate of drug-likeness (QED) is 0.506. The van der Waals surface area contributed by atoms with Crippen molar-refractivity contribution in [1.82, 2.24) is 0 Å². The summed E-state index contributed by atoms with van der Waals surface area (Å²) in [4.78, 5) is 0.134. The SMILES string of the molecule is CCCC(CBr)(CCC)CS(=O)(=O)c1cc(Cl)ccc1Cl. The molecule has 2 nitrogen and oxygen atoms in total. The zero-order chi connectivity index (χ0) is 16.1. The van der Waals surface area contributed by atoms with Gasteiger partial charge < -0.3 is 0 Å². The molecule has 0 fully saturated rings. The lowest BCUT2D eigenvalue weighted by Gasteiger charge is -2.31. The summed E-state index contributed by atoms with van der Waals surface area (Å²) in [6.45, 7) is 4.15. The standard InChI is InChI=1S/C15H21BrCl2O2S/c1-3-7-15(10-16,8-4-2)11-21(19,20)14-9-12(17)5-6-13(14)18/h5-6,9H,3-4,7-8,10-11H2,1-2H3. The number of rotatable bonds is 8. The summed E-state index contributed by atoms with van der Waals surface area (Å²) in [6.07, 6.45) is 3.63. The fraction of sp³-hybridized carbons (Fsp3) is 0.600. The molecule has 0 atom stereocenters. The van der Waals surface area contributed by atoms with Gasteiger partial charge in [-0.25, -0.2) is 8.42 Å². The van der Waals surface area contributed by atoms with E-state index in [0.29, 0.717) is 10.4 Å². The molecule has 0 aliphatic rings. The van der Waals surface area contributed by atoms with Crippen LogP contribution in [0.25, 0.3) is 0 Å². The molecule has 0 heterocycles. The number of sulfone groups is 1. The highest BCUT2D eigenvalue weighted by molar-refractivity contribution is 9.09. The van der Waals surface area contributed by atoms with Crippen molar-refractivity contribution >= 4 is 49.0 Å². The molecule has 1 aromatic carbocycles. The summed E-state index contributed by atoms with van der Waals surface area (Å²) in [6, 6.07) is 4.57. The van der Waals surface area contributed by atoms with E-state index in [1.807, 2.05) is 0 Å². The number of halogens is 3. The summed E-state index contributed by atoms with van der Waals surface area (Å²) in [5, 5.41) is 1.28. The first kappa shape index (κ1) is 19.3. The summed E-state index contributed by atoms with van der Waals surface area (Å²) in [5.74, 6) is 0.0903. The van der Waals surface area contributed by atoms with Gasteiger partial charge in [0, 0.05) is 10.4 Å². The largest absolute Gasteiger partial charge is 0.224 e. The van der Waals surface area contributed by atoms with E-state index in [2.05, 4.69) is 29.8 Å². The van der Waals surface area contributed by atoms with Crippen LogP contribution in [-0.4, -0.2) is 19.5 Å². The number of alkyl halides is 1. The van der Waals surface area contributed by atoms with E-state index >= 15 is 0 Å². The summed E-state index contributed by atoms with van der Waals surface area (Å²) in [5.41, 5.74) is -0.256. The molecule has 0 aliphatic heterocycles. The number of benzene rings is 1. The van der Waals surface area contributed by atoms with Crippen molar-refractivity contribution in [3.8, 4) is 0 Å². The minimum Gasteiger partial charge on any atom is -0.224 e. The second-order valence-electron chi connectivity index (χ2n) is 5.47. The first-order chi connectivity index (χ1) is 9.80. The molecular weight excluding hydrogens is 395 g/mol. The van der Waals surface area contributed by atoms with Gasteiger partial charge >= 0.3 is 0 Å². The van der Waals surface area contributed by atoms with E-state index in [-0.39, 0.29) is 21.1 Å². The predicted octanol–water partition coefficient (Wildman–Crippen LogP) is 5.75. The predicted molar refractivity (Wildman–Crippen MR) is 94.6 cm³/mol. The fourth-order valence-corrected chi connectivity index (χ4v) is 6.45. The Hall–Kier alpha value is 0.230. The molecule has 0 saturated carbocycles. The molecule has 0 radical (unpaired) electrons. The van der Waals surface area contributed by atoms with Crippen molar-refractivity contribution in [2.45, 2.75) is 44.4 Å². The third-order valence-corrected chi connectivity index (χ3v) is 7.44. The van der Waals surface area contributed by atoms with Gasteiger partial charge in [-0.2, -0.15) is 0 Å². The molecule has 0 spiro atoms. The molecule has 1 aromatic rings. The highest BCUT2D eigenvalue weighted by Crippen LogP contribution is 2.37. The molecule has 0 unspecified atom stereocenters. The minimum atomic E-state index is -3.47. The molecule has 0 saturated heterocycles. The maximum Gasteiger partial charge on any atom is 0.180 e. The molecule has 120 valence electrons. The van der Waals surface area contributed by atoms with Gasteiger partial charge in [0.25, 0.3) is 0 Å². The Morgan fingerprint density at radius 2 is 1.71 bits per heavy atom. The number of hydrogen-bond acceptors (Lipinski definition) is 2. The van der Waals surface area contributed by atoms with Gasteiger partial charge in [0.2, 0.25) is 0 Å². The summed E-state index contributed by atoms with van der Waals surface area (Å²) < 4.78 is 25.5. The Morgan fingerprint density at radius 1 is 1.14 bits per heavy atom. The third kappa shape index (κ3) is 5.12. The van der Waals surface area contributed by atoms with Crippen LogP contribution in [0.15, 0.2) is 23.1 Å². The second kappa shape index (κ2) is 8.19. The molecule has 6 heteroatoms. The first-order valence-electron chi connectivity index (χ1n) is 7.04. The van der Waals surface area contributed by atoms with E-state index in [4.69, 9.17) is 23.2 Å². The second-order valence-corrected chi connectivity index (χ2v) is 8.83. The third-order valence-electron chi connectivity index (χ3n) is 3.57. The Bertz CT molecular complexity index is 567. The van der Waals surface area contributed by atoms with Crippen molar-refractivity contribution in [1.29, 1.82) is 0 Å². The van der Waals surface area contributed by atoms with E-state index in [9.17, 15) is 8.42 Å². The first-order valence-corrected chi connectivity index (χ1v) is 10.6. The molecule has 1 rings (SSSR count). The van der Waals surface area contributed by atoms with Crippen LogP contribution in [0.5, 0.6) is 0 Å². The van der Waals surface area contributed by atoms with Crippen LogP contribution in [0, 0.1) is 5.41 Å². The molecule has 0 amide bonds. The van der Waals surface area contributed by atoms with Crippen LogP contribution >= 0.6 is 39.1 Å². The highest BCUT2D eigenvalue weighted by atomic mass is 79.9. The Balaban J connectivity index is 3.19. The van der Waals surface area contributed by atoms with Crippen molar-refractivity contribution in [2.75, 3.05) is 11.1 Å². The Labute approximate surface area is 146 Å². The van der Waals surface area contributed by atoms with Crippen LogP contribution in [0.3, 0.4) is 0 Å². The smallest absolute Gasteiger partial charge is 0.180 e. The number of hydrogen-bond donors (Lipinski definition) is 0. The maximum absolute atomic E-state index is 12.8. The average molecular weight is 416 g/mol. The molecule has 0 N–H and O–H groups in total. The Kier molecular flexibility index (Phi) is 7.51. The lowest BCUT2D eigenvalue weighted by Crippen LogP contribution is -2.32. The molecule has 21 heavy (non-hydrogen) atoms. The van der Waals surface area contributed by atoms with Crippen LogP contribution < -0.4 is 0 Å². The van der Waals surface area contributed by atoms with E-state index in [1.165, 1.54) is 12.1 Å². The van der Waals surface area contributed by atoms with Gasteiger partial charge in [0.1, 0.15) is 0 Å². The van der Waals surface area contributed by atoms with E-state index < -0.39 is 9.84 Å². The van der Waals surface area contributed by atoms with Gasteiger partial charge in [-0.15, -0.1) is 0 Å². The van der Waals surface area contributed by atoms with Crippen molar-refractivity contribution in [3.63, 3.8) is 0 Å². The lowest BCUT2D eigenvalue weighted by atomic mass is 9.83. The minimum absolute atomic E-state index is 0.0903. The van der Waals surface area contributed by atoms with Gasteiger partial charge in [-0.05, 0) is 36.5 Å². The molecule has 0 aromatic heterocycles. The van der Waals surface area contributed by atoms with Gasteiger partial charge in [0.15, 0.2) is 9.84 Å². The van der Waals surface area contributed by atoms with Gasteiger partial charge in [-0.3, -0.25) is 0 Å². The molecule has 0 bridgehead atoms. The van der Waals surface area contributed by atoms with Crippen molar-refractivity contribution in [2.24, 2.45) is 5.41 Å². The zero-order valence-electron chi connectivity index (χ0n) is 12.3. The van der Waals surface area contributed by atoms with Crippen molar-refractivity contribution < 1.29 is 8.42 Å². The van der Waals surface area contributed by atoms with Crippen LogP contribution in [0.2, 0.25) is 10.0 Å². The average Bonchev–Trinajstić information content (AvgIpc) is 2.41. The normalized spacial score (nSPS) is 12.6. The van der Waals surface area contributed by atoms with Gasteiger partial charge in [0.05, 0.1) is 15.7 Å².